The van der Waals surface area contributed by atoms with Crippen molar-refractivity contribution < 1.29 is 14.0 Å². The average Bonchev–Trinajstić information content (AvgIpc) is 2.36. The first-order valence-corrected chi connectivity index (χ1v) is 5.76. The number of hydrogen-bond donors (Lipinski definition) is 1. The van der Waals surface area contributed by atoms with E-state index >= 15 is 0 Å². The van der Waals surface area contributed by atoms with Gasteiger partial charge in [-0.15, -0.1) is 0 Å². The van der Waals surface area contributed by atoms with Gasteiger partial charge in [0.1, 0.15) is 5.82 Å². The maximum Gasteiger partial charge on any atom is 0.364 e. The number of nitrogens with zero attached hydrogens (tertiary/aromatic N) is 3. The standard InChI is InChI=1S/C13H15FN4O2/c1-9(7-12(19)18(2)3)16-17-13(20)15-11-6-4-5-10(14)8-11/h4-8H,1-3H3,(H,15,20)/b9-7+,17-16?. The Morgan fingerprint density at radius 1 is 1.30 bits per heavy atom. The zero-order valence-corrected chi connectivity index (χ0v) is 11.4. The lowest BCUT2D eigenvalue weighted by Gasteiger charge is -2.05. The van der Waals surface area contributed by atoms with Gasteiger partial charge in [0.25, 0.3) is 0 Å². The van der Waals surface area contributed by atoms with E-state index in [-0.39, 0.29) is 17.3 Å². The number of amides is 3. The fourth-order valence-corrected chi connectivity index (χ4v) is 1.18. The van der Waals surface area contributed by atoms with Crippen LogP contribution in [0.3, 0.4) is 0 Å². The van der Waals surface area contributed by atoms with Gasteiger partial charge in [0.05, 0.1) is 5.70 Å². The molecule has 0 fully saturated rings. The summed E-state index contributed by atoms with van der Waals surface area (Å²) in [6.07, 6.45) is 1.25. The lowest BCUT2D eigenvalue weighted by Crippen LogP contribution is -2.19. The highest BCUT2D eigenvalue weighted by Gasteiger charge is 2.02. The SMILES string of the molecule is C/C(=C\C(=O)N(C)C)N=NC(=O)Nc1cccc(F)c1. The molecule has 0 bridgehead atoms. The number of azo groups is 1. The van der Waals surface area contributed by atoms with Crippen LogP contribution in [0.1, 0.15) is 6.92 Å². The van der Waals surface area contributed by atoms with Crippen LogP contribution in [0.5, 0.6) is 0 Å². The third-order valence-electron chi connectivity index (χ3n) is 2.15. The predicted octanol–water partition coefficient (Wildman–Crippen LogP) is 2.80. The maximum atomic E-state index is 12.9. The van der Waals surface area contributed by atoms with Crippen LogP contribution in [-0.4, -0.2) is 30.9 Å². The molecule has 0 radical (unpaired) electrons. The van der Waals surface area contributed by atoms with E-state index in [2.05, 4.69) is 15.5 Å². The normalized spacial score (nSPS) is 11.5. The Hall–Kier alpha value is -2.57. The van der Waals surface area contributed by atoms with Gasteiger partial charge in [0, 0.05) is 25.9 Å². The molecule has 1 aromatic carbocycles. The molecule has 20 heavy (non-hydrogen) atoms. The summed E-state index contributed by atoms with van der Waals surface area (Å²) in [5.74, 6) is -0.723. The Balaban J connectivity index is 2.62. The van der Waals surface area contributed by atoms with Gasteiger partial charge >= 0.3 is 6.03 Å². The molecule has 0 unspecified atom stereocenters. The summed E-state index contributed by atoms with van der Waals surface area (Å²) in [4.78, 5) is 24.1. The third kappa shape index (κ3) is 5.38. The van der Waals surface area contributed by atoms with Crippen LogP contribution in [0, 0.1) is 5.82 Å². The number of allylic oxidation sites excluding steroid dienone is 1. The van der Waals surface area contributed by atoms with Gasteiger partial charge in [-0.1, -0.05) is 11.2 Å². The number of rotatable bonds is 3. The lowest BCUT2D eigenvalue weighted by atomic mass is 10.3. The van der Waals surface area contributed by atoms with E-state index in [0.717, 1.165) is 6.07 Å². The Labute approximate surface area is 116 Å². The second-order valence-electron chi connectivity index (χ2n) is 4.16. The molecule has 6 nitrogen and oxygen atoms in total. The molecule has 0 heterocycles. The monoisotopic (exact) mass is 278 g/mol. The summed E-state index contributed by atoms with van der Waals surface area (Å²) in [5, 5.41) is 9.33. The van der Waals surface area contributed by atoms with Crippen molar-refractivity contribution >= 4 is 17.6 Å². The Morgan fingerprint density at radius 3 is 2.60 bits per heavy atom. The molecule has 1 N–H and O–H groups in total. The minimum atomic E-state index is -0.749. The first kappa shape index (κ1) is 15.5. The second-order valence-corrected chi connectivity index (χ2v) is 4.16. The van der Waals surface area contributed by atoms with E-state index in [1.165, 1.54) is 29.2 Å². The van der Waals surface area contributed by atoms with Gasteiger partial charge in [-0.25, -0.2) is 9.18 Å². The summed E-state index contributed by atoms with van der Waals surface area (Å²) in [6.45, 7) is 1.54. The first-order chi connectivity index (χ1) is 9.38. The van der Waals surface area contributed by atoms with Gasteiger partial charge in [-0.05, 0) is 25.1 Å². The van der Waals surface area contributed by atoms with E-state index in [4.69, 9.17) is 0 Å². The van der Waals surface area contributed by atoms with Gasteiger partial charge in [-0.2, -0.15) is 5.11 Å². The number of urea groups is 1. The Kier molecular flexibility index (Phi) is 5.52. The van der Waals surface area contributed by atoms with Crippen molar-refractivity contribution in [3.05, 3.63) is 41.9 Å². The quantitative estimate of drug-likeness (QED) is 0.682. The molecule has 1 aromatic rings. The zero-order chi connectivity index (χ0) is 15.1. The summed E-state index contributed by atoms with van der Waals surface area (Å²) < 4.78 is 12.9. The molecule has 7 heteroatoms. The molecule has 0 aromatic heterocycles. The molecular formula is C13H15FN4O2. The predicted molar refractivity (Wildman–Crippen MR) is 72.7 cm³/mol. The number of anilines is 1. The first-order valence-electron chi connectivity index (χ1n) is 5.76. The molecule has 0 saturated carbocycles. The number of carbonyl (C=O) groups excluding carboxylic acids is 2. The highest BCUT2D eigenvalue weighted by atomic mass is 19.1. The van der Waals surface area contributed by atoms with E-state index < -0.39 is 11.8 Å². The molecule has 0 aliphatic carbocycles. The molecule has 0 saturated heterocycles. The van der Waals surface area contributed by atoms with Gasteiger partial charge < -0.3 is 10.2 Å². The minimum Gasteiger partial charge on any atom is -0.345 e. The molecule has 0 spiro atoms. The number of nitrogens with one attached hydrogen (secondary N) is 1. The van der Waals surface area contributed by atoms with Crippen molar-refractivity contribution in [1.29, 1.82) is 0 Å². The number of hydrogen-bond acceptors (Lipinski definition) is 3. The molecule has 3 amide bonds. The topological polar surface area (TPSA) is 74.1 Å². The van der Waals surface area contributed by atoms with E-state index in [0.29, 0.717) is 0 Å². The molecule has 0 aliphatic rings. The Morgan fingerprint density at radius 2 is 2.00 bits per heavy atom. The van der Waals surface area contributed by atoms with Crippen LogP contribution in [-0.2, 0) is 4.79 Å². The summed E-state index contributed by atoms with van der Waals surface area (Å²) in [7, 11) is 3.19. The summed E-state index contributed by atoms with van der Waals surface area (Å²) >= 11 is 0. The molecule has 0 aliphatic heterocycles. The van der Waals surface area contributed by atoms with Crippen molar-refractivity contribution in [2.45, 2.75) is 6.92 Å². The van der Waals surface area contributed by atoms with Crippen LogP contribution in [0.4, 0.5) is 14.9 Å². The van der Waals surface area contributed by atoms with E-state index in [1.807, 2.05) is 0 Å². The maximum absolute atomic E-state index is 12.9. The van der Waals surface area contributed by atoms with Gasteiger partial charge in [-0.3, -0.25) is 4.79 Å². The average molecular weight is 278 g/mol. The van der Waals surface area contributed by atoms with Crippen LogP contribution in [0.15, 0.2) is 46.3 Å². The largest absolute Gasteiger partial charge is 0.364 e. The third-order valence-corrected chi connectivity index (χ3v) is 2.15. The number of halogens is 1. The summed E-state index contributed by atoms with van der Waals surface area (Å²) in [6, 6.07) is 4.65. The number of carbonyl (C=O) groups is 2. The molecule has 106 valence electrons. The molecule has 0 atom stereocenters. The van der Waals surface area contributed by atoms with Crippen molar-refractivity contribution in [2.75, 3.05) is 19.4 Å². The number of benzene rings is 1. The smallest absolute Gasteiger partial charge is 0.345 e. The van der Waals surface area contributed by atoms with Crippen LogP contribution < -0.4 is 5.32 Å². The Bertz CT molecular complexity index is 567. The van der Waals surface area contributed by atoms with E-state index in [9.17, 15) is 14.0 Å². The fraction of sp³-hybridized carbons (Fsp3) is 0.231. The lowest BCUT2D eigenvalue weighted by molar-refractivity contribution is -0.123. The van der Waals surface area contributed by atoms with Crippen molar-refractivity contribution in [3.63, 3.8) is 0 Å². The molecule has 1 rings (SSSR count). The van der Waals surface area contributed by atoms with Crippen LogP contribution in [0.25, 0.3) is 0 Å². The van der Waals surface area contributed by atoms with Crippen molar-refractivity contribution in [1.82, 2.24) is 4.90 Å². The highest BCUT2D eigenvalue weighted by Crippen LogP contribution is 2.09. The van der Waals surface area contributed by atoms with Crippen molar-refractivity contribution in [3.8, 4) is 0 Å². The van der Waals surface area contributed by atoms with Gasteiger partial charge in [0.2, 0.25) is 5.91 Å². The van der Waals surface area contributed by atoms with E-state index in [1.54, 1.807) is 21.0 Å². The fourth-order valence-electron chi connectivity index (χ4n) is 1.18. The van der Waals surface area contributed by atoms with Crippen LogP contribution >= 0.6 is 0 Å². The van der Waals surface area contributed by atoms with Gasteiger partial charge in [0.15, 0.2) is 0 Å². The zero-order valence-electron chi connectivity index (χ0n) is 11.4. The minimum absolute atomic E-state index is 0.257. The van der Waals surface area contributed by atoms with Crippen molar-refractivity contribution in [2.24, 2.45) is 10.2 Å². The highest BCUT2D eigenvalue weighted by molar-refractivity contribution is 5.90. The second kappa shape index (κ2) is 7.13. The number of likely N-dealkylation sites (N-methyl/N-ethyl adjacent to an activating group) is 1. The summed E-state index contributed by atoms with van der Waals surface area (Å²) in [5.41, 5.74) is 0.568. The molecular weight excluding hydrogens is 263 g/mol. The van der Waals surface area contributed by atoms with Crippen LogP contribution in [0.2, 0.25) is 0 Å².